The molecule has 3 aromatic heterocycles. The van der Waals surface area contributed by atoms with Gasteiger partial charge in [0.15, 0.2) is 0 Å². The summed E-state index contributed by atoms with van der Waals surface area (Å²) in [4.78, 5) is 32.8. The third kappa shape index (κ3) is 5.00. The van der Waals surface area contributed by atoms with Crippen molar-refractivity contribution in [2.24, 2.45) is 0 Å². The van der Waals surface area contributed by atoms with Crippen molar-refractivity contribution in [2.75, 3.05) is 68.1 Å². The van der Waals surface area contributed by atoms with Gasteiger partial charge in [0.2, 0.25) is 11.9 Å². The number of aromatic nitrogens is 5. The highest BCUT2D eigenvalue weighted by Crippen LogP contribution is 2.27. The quantitative estimate of drug-likeness (QED) is 0.547. The Hall–Kier alpha value is -3.47. The molecule has 0 aliphatic carbocycles. The first-order chi connectivity index (χ1) is 17.0. The normalized spacial score (nSPS) is 16.5. The highest BCUT2D eigenvalue weighted by atomic mass is 16.5. The van der Waals surface area contributed by atoms with E-state index in [1.807, 2.05) is 34.1 Å². The second kappa shape index (κ2) is 10.0. The van der Waals surface area contributed by atoms with Crippen molar-refractivity contribution < 1.29 is 9.53 Å². The van der Waals surface area contributed by atoms with Crippen molar-refractivity contribution in [3.63, 3.8) is 0 Å². The van der Waals surface area contributed by atoms with Crippen molar-refractivity contribution >= 4 is 40.2 Å². The van der Waals surface area contributed by atoms with Gasteiger partial charge in [-0.2, -0.15) is 15.1 Å². The SMILES string of the molecule is COCC(=O)N1CCN(c2nc(Nc3cc4c(cn3)cnn4C(C)C)cc(N3CCCC3)n2)CC1. The molecule has 2 aliphatic rings. The fraction of sp³-hybridized carbons (Fsp3) is 0.542. The Morgan fingerprint density at radius 2 is 1.77 bits per heavy atom. The van der Waals surface area contributed by atoms with Crippen LogP contribution in [0.25, 0.3) is 10.9 Å². The number of anilines is 4. The van der Waals surface area contributed by atoms with Gasteiger partial charge < -0.3 is 24.8 Å². The van der Waals surface area contributed by atoms with Gasteiger partial charge >= 0.3 is 0 Å². The predicted octanol–water partition coefficient (Wildman–Crippen LogP) is 2.44. The standard InChI is InChI=1S/C24H33N9O2/c1-17(2)33-19-12-20(25-14-18(19)15-26-33)27-21-13-22(30-6-4-5-7-30)29-24(28-21)32-10-8-31(9-11-32)23(34)16-35-3/h12-15,17H,4-11,16H2,1-3H3,(H,25,27,28,29). The number of nitrogens with zero attached hydrogens (tertiary/aromatic N) is 8. The van der Waals surface area contributed by atoms with Gasteiger partial charge in [0.25, 0.3) is 0 Å². The van der Waals surface area contributed by atoms with Gasteiger partial charge in [-0.05, 0) is 26.7 Å². The summed E-state index contributed by atoms with van der Waals surface area (Å²) in [5.41, 5.74) is 1.03. The molecule has 0 saturated carbocycles. The number of rotatable bonds is 7. The van der Waals surface area contributed by atoms with Crippen molar-refractivity contribution in [1.29, 1.82) is 0 Å². The van der Waals surface area contributed by atoms with E-state index in [1.54, 1.807) is 7.11 Å². The topological polar surface area (TPSA) is 105 Å². The van der Waals surface area contributed by atoms with Crippen LogP contribution < -0.4 is 15.1 Å². The lowest BCUT2D eigenvalue weighted by molar-refractivity contribution is -0.135. The maximum atomic E-state index is 12.2. The molecule has 2 fully saturated rings. The summed E-state index contributed by atoms with van der Waals surface area (Å²) in [6.45, 7) is 8.93. The van der Waals surface area contributed by atoms with E-state index >= 15 is 0 Å². The first kappa shape index (κ1) is 23.3. The Morgan fingerprint density at radius 3 is 2.49 bits per heavy atom. The Balaban J connectivity index is 1.40. The monoisotopic (exact) mass is 479 g/mol. The minimum Gasteiger partial charge on any atom is -0.375 e. The Bertz CT molecular complexity index is 1180. The molecule has 186 valence electrons. The zero-order valence-corrected chi connectivity index (χ0v) is 20.6. The number of hydrogen-bond donors (Lipinski definition) is 1. The van der Waals surface area contributed by atoms with Crippen LogP contribution in [0.1, 0.15) is 32.7 Å². The Labute approximate surface area is 205 Å². The molecule has 11 nitrogen and oxygen atoms in total. The van der Waals surface area contributed by atoms with Gasteiger partial charge in [0.1, 0.15) is 24.1 Å². The van der Waals surface area contributed by atoms with Crippen LogP contribution in [0.4, 0.5) is 23.4 Å². The Morgan fingerprint density at radius 1 is 1.00 bits per heavy atom. The van der Waals surface area contributed by atoms with E-state index < -0.39 is 0 Å². The summed E-state index contributed by atoms with van der Waals surface area (Å²) in [7, 11) is 1.55. The molecule has 5 rings (SSSR count). The molecular formula is C24H33N9O2. The van der Waals surface area contributed by atoms with E-state index in [2.05, 4.69) is 39.0 Å². The number of amides is 1. The van der Waals surface area contributed by atoms with Crippen LogP contribution in [0.5, 0.6) is 0 Å². The van der Waals surface area contributed by atoms with E-state index in [0.717, 1.165) is 29.8 Å². The van der Waals surface area contributed by atoms with Crippen LogP contribution in [-0.2, 0) is 9.53 Å². The number of hydrogen-bond acceptors (Lipinski definition) is 9. The molecule has 5 heterocycles. The zero-order chi connectivity index (χ0) is 24.4. The van der Waals surface area contributed by atoms with Crippen molar-refractivity contribution in [1.82, 2.24) is 29.6 Å². The maximum Gasteiger partial charge on any atom is 0.248 e. The molecule has 1 N–H and O–H groups in total. The van der Waals surface area contributed by atoms with Crippen LogP contribution in [0, 0.1) is 0 Å². The fourth-order valence-electron chi connectivity index (χ4n) is 4.66. The van der Waals surface area contributed by atoms with Gasteiger partial charge in [0, 0.05) is 76.1 Å². The maximum absolute atomic E-state index is 12.2. The second-order valence-electron chi connectivity index (χ2n) is 9.34. The molecule has 0 atom stereocenters. The second-order valence-corrected chi connectivity index (χ2v) is 9.34. The lowest BCUT2D eigenvalue weighted by atomic mass is 10.3. The smallest absolute Gasteiger partial charge is 0.248 e. The number of piperazine rings is 1. The summed E-state index contributed by atoms with van der Waals surface area (Å²) in [5.74, 6) is 3.03. The van der Waals surface area contributed by atoms with E-state index in [-0.39, 0.29) is 18.6 Å². The fourth-order valence-corrected chi connectivity index (χ4v) is 4.66. The number of carbonyl (C=O) groups excluding carboxylic acids is 1. The van der Waals surface area contributed by atoms with Crippen LogP contribution in [0.2, 0.25) is 0 Å². The molecule has 11 heteroatoms. The summed E-state index contributed by atoms with van der Waals surface area (Å²) in [6, 6.07) is 4.27. The lowest BCUT2D eigenvalue weighted by Crippen LogP contribution is -2.50. The number of pyridine rings is 1. The number of methoxy groups -OCH3 is 1. The molecule has 2 saturated heterocycles. The van der Waals surface area contributed by atoms with Gasteiger partial charge in [-0.1, -0.05) is 0 Å². The highest BCUT2D eigenvalue weighted by Gasteiger charge is 2.24. The predicted molar refractivity (Wildman–Crippen MR) is 135 cm³/mol. The Kier molecular flexibility index (Phi) is 6.67. The third-order valence-corrected chi connectivity index (χ3v) is 6.54. The van der Waals surface area contributed by atoms with Gasteiger partial charge in [-0.3, -0.25) is 9.48 Å². The largest absolute Gasteiger partial charge is 0.375 e. The minimum absolute atomic E-state index is 0.0170. The molecule has 2 aliphatic heterocycles. The van der Waals surface area contributed by atoms with Gasteiger partial charge in [-0.25, -0.2) is 4.98 Å². The van der Waals surface area contributed by atoms with E-state index in [4.69, 9.17) is 14.7 Å². The summed E-state index contributed by atoms with van der Waals surface area (Å²) < 4.78 is 6.99. The molecule has 0 unspecified atom stereocenters. The summed E-state index contributed by atoms with van der Waals surface area (Å²) >= 11 is 0. The number of nitrogens with one attached hydrogen (secondary N) is 1. The van der Waals surface area contributed by atoms with Crippen LogP contribution in [-0.4, -0.2) is 88.5 Å². The van der Waals surface area contributed by atoms with Crippen molar-refractivity contribution in [2.45, 2.75) is 32.7 Å². The van der Waals surface area contributed by atoms with Gasteiger partial charge in [0.05, 0.1) is 11.7 Å². The summed E-state index contributed by atoms with van der Waals surface area (Å²) in [6.07, 6.45) is 6.01. The summed E-state index contributed by atoms with van der Waals surface area (Å²) in [5, 5.41) is 8.90. The van der Waals surface area contributed by atoms with Crippen molar-refractivity contribution in [3.8, 4) is 0 Å². The molecule has 1 amide bonds. The molecule has 0 bridgehead atoms. The molecule has 35 heavy (non-hydrogen) atoms. The first-order valence-corrected chi connectivity index (χ1v) is 12.3. The van der Waals surface area contributed by atoms with Crippen molar-refractivity contribution in [3.05, 3.63) is 24.5 Å². The van der Waals surface area contributed by atoms with Crippen LogP contribution in [0.15, 0.2) is 24.5 Å². The number of carbonyl (C=O) groups is 1. The molecule has 0 spiro atoms. The molecular weight excluding hydrogens is 446 g/mol. The lowest BCUT2D eigenvalue weighted by Gasteiger charge is -2.35. The first-order valence-electron chi connectivity index (χ1n) is 12.3. The third-order valence-electron chi connectivity index (χ3n) is 6.54. The zero-order valence-electron chi connectivity index (χ0n) is 20.6. The highest BCUT2D eigenvalue weighted by molar-refractivity contribution is 5.81. The molecule has 0 radical (unpaired) electrons. The van der Waals surface area contributed by atoms with E-state index in [9.17, 15) is 4.79 Å². The minimum atomic E-state index is 0.0170. The van der Waals surface area contributed by atoms with E-state index in [1.165, 1.54) is 12.8 Å². The van der Waals surface area contributed by atoms with Crippen LogP contribution >= 0.6 is 0 Å². The average Bonchev–Trinajstić information content (AvgIpc) is 3.54. The number of fused-ring (bicyclic) bond motifs is 1. The van der Waals surface area contributed by atoms with Crippen LogP contribution in [0.3, 0.4) is 0 Å². The molecule has 3 aromatic rings. The van der Waals surface area contributed by atoms with E-state index in [0.29, 0.717) is 43.8 Å². The van der Waals surface area contributed by atoms with Gasteiger partial charge in [-0.15, -0.1) is 0 Å². The molecule has 0 aromatic carbocycles. The average molecular weight is 480 g/mol. The number of ether oxygens (including phenoxy) is 1.